The molecule has 0 spiro atoms. The van der Waals surface area contributed by atoms with Crippen LogP contribution in [0.5, 0.6) is 0 Å². The van der Waals surface area contributed by atoms with E-state index in [0.29, 0.717) is 45.6 Å². The summed E-state index contributed by atoms with van der Waals surface area (Å²) in [7, 11) is -4.83. The Morgan fingerprint density at radius 1 is 0.420 bits per heavy atom. The highest BCUT2D eigenvalue weighted by Gasteiger charge is 2.40. The lowest BCUT2D eigenvalue weighted by Crippen LogP contribution is -2.45. The number of unbranched alkanes of at least 4 members (excludes halogenated alkanes) is 18. The summed E-state index contributed by atoms with van der Waals surface area (Å²) in [5.74, 6) is 0.585. The zero-order chi connectivity index (χ0) is 36.9. The Morgan fingerprint density at radius 3 is 1.00 bits per heavy atom. The van der Waals surface area contributed by atoms with Gasteiger partial charge in [-0.1, -0.05) is 133 Å². The summed E-state index contributed by atoms with van der Waals surface area (Å²) in [6, 6.07) is 1.89. The van der Waals surface area contributed by atoms with Crippen LogP contribution in [-0.2, 0) is 26.6 Å². The highest BCUT2D eigenvalue weighted by Crippen LogP contribution is 2.24. The summed E-state index contributed by atoms with van der Waals surface area (Å²) < 4.78 is 35.3. The van der Waals surface area contributed by atoms with E-state index < -0.39 is 17.6 Å². The van der Waals surface area contributed by atoms with Crippen LogP contribution in [0.4, 0.5) is 0 Å². The minimum atomic E-state index is -2.42. The van der Waals surface area contributed by atoms with Gasteiger partial charge in [-0.3, -0.25) is 0 Å². The molecule has 296 valence electrons. The molecule has 0 saturated carbocycles. The van der Waals surface area contributed by atoms with Crippen molar-refractivity contribution in [2.45, 2.75) is 188 Å². The lowest BCUT2D eigenvalue weighted by atomic mass is 10.0. The standard InChI is InChI=1S/C28H58O3Si.C14H26O3Si/c1-5-9-10-11-12-13-14-15-16-17-18-19-20-21-22-23-24-25-26-27-28-32(29-6-2,30-7-3)31-8-4;1-4-15-18(16-5-2,17-6-3)13-9-12-14-10-7-8-11-14/h5H,1,6-28H2,2-4H3;7-8,10-11,14H,4-6,9,12-13H2,1-3H3. The highest BCUT2D eigenvalue weighted by atomic mass is 28.4. The van der Waals surface area contributed by atoms with Crippen LogP contribution in [0.2, 0.25) is 12.1 Å². The van der Waals surface area contributed by atoms with Gasteiger partial charge in [0.1, 0.15) is 0 Å². The van der Waals surface area contributed by atoms with E-state index in [1.165, 1.54) is 122 Å². The molecule has 1 rings (SSSR count). The fourth-order valence-corrected chi connectivity index (χ4v) is 12.0. The third-order valence-corrected chi connectivity index (χ3v) is 15.5. The minimum absolute atomic E-state index is 0.585. The highest BCUT2D eigenvalue weighted by molar-refractivity contribution is 6.61. The molecule has 1 aliphatic rings. The first-order valence-corrected chi connectivity index (χ1v) is 25.2. The monoisotopic (exact) mass is 741 g/mol. The van der Waals surface area contributed by atoms with Gasteiger partial charge < -0.3 is 26.6 Å². The van der Waals surface area contributed by atoms with Crippen LogP contribution < -0.4 is 0 Å². The SMILES string of the molecule is C=CCCCCCCCCCCCCCCCCCCCC[Si](OCC)(OCC)OCC.CCO[Si](CCCC1C=CC=C1)(OCC)OCC. The van der Waals surface area contributed by atoms with Crippen molar-refractivity contribution in [1.82, 2.24) is 0 Å². The molecule has 0 aromatic carbocycles. The van der Waals surface area contributed by atoms with E-state index in [1.54, 1.807) is 0 Å². The number of allylic oxidation sites excluding steroid dienone is 5. The predicted octanol–water partition coefficient (Wildman–Crippen LogP) is 13.2. The maximum atomic E-state index is 5.94. The lowest BCUT2D eigenvalue weighted by Gasteiger charge is -2.28. The zero-order valence-corrected chi connectivity index (χ0v) is 36.1. The van der Waals surface area contributed by atoms with Crippen LogP contribution in [0.15, 0.2) is 37.0 Å². The van der Waals surface area contributed by atoms with E-state index in [0.717, 1.165) is 24.9 Å². The second kappa shape index (κ2) is 36.8. The first-order chi connectivity index (χ1) is 24.5. The molecule has 50 heavy (non-hydrogen) atoms. The maximum Gasteiger partial charge on any atom is 0.500 e. The average molecular weight is 741 g/mol. The molecular weight excluding hydrogens is 657 g/mol. The van der Waals surface area contributed by atoms with Crippen molar-refractivity contribution in [2.24, 2.45) is 5.92 Å². The fourth-order valence-electron chi connectivity index (χ4n) is 6.69. The largest absolute Gasteiger partial charge is 0.500 e. The molecule has 0 radical (unpaired) electrons. The molecule has 0 unspecified atom stereocenters. The van der Waals surface area contributed by atoms with Gasteiger partial charge in [-0.2, -0.15) is 0 Å². The topological polar surface area (TPSA) is 55.4 Å². The van der Waals surface area contributed by atoms with E-state index >= 15 is 0 Å². The van der Waals surface area contributed by atoms with E-state index in [1.807, 2.05) is 47.6 Å². The fraction of sp³-hybridized carbons (Fsp3) is 0.857. The number of hydrogen-bond donors (Lipinski definition) is 0. The predicted molar refractivity (Wildman–Crippen MR) is 220 cm³/mol. The van der Waals surface area contributed by atoms with Crippen molar-refractivity contribution in [3.8, 4) is 0 Å². The molecule has 8 heteroatoms. The molecule has 0 N–H and O–H groups in total. The molecule has 0 aromatic heterocycles. The Balaban J connectivity index is 0.00000112. The molecule has 0 aliphatic heterocycles. The number of hydrogen-bond acceptors (Lipinski definition) is 6. The van der Waals surface area contributed by atoms with Crippen LogP contribution in [0.3, 0.4) is 0 Å². The van der Waals surface area contributed by atoms with Gasteiger partial charge in [0, 0.05) is 51.7 Å². The van der Waals surface area contributed by atoms with Crippen LogP contribution in [0.1, 0.15) is 176 Å². The van der Waals surface area contributed by atoms with Crippen molar-refractivity contribution in [3.63, 3.8) is 0 Å². The smallest absolute Gasteiger partial charge is 0.374 e. The summed E-state index contributed by atoms with van der Waals surface area (Å²) >= 11 is 0. The van der Waals surface area contributed by atoms with Gasteiger partial charge in [-0.15, -0.1) is 6.58 Å². The molecule has 0 aromatic rings. The van der Waals surface area contributed by atoms with Crippen molar-refractivity contribution < 1.29 is 26.6 Å². The Hall–Kier alpha value is -0.586. The molecule has 0 heterocycles. The Bertz CT molecular complexity index is 731. The quantitative estimate of drug-likeness (QED) is 0.0359. The summed E-state index contributed by atoms with van der Waals surface area (Å²) in [5, 5.41) is 0. The number of rotatable bonds is 37. The molecular formula is C42H84O6Si2. The van der Waals surface area contributed by atoms with Crippen LogP contribution in [0.25, 0.3) is 0 Å². The van der Waals surface area contributed by atoms with E-state index in [2.05, 4.69) is 30.9 Å². The van der Waals surface area contributed by atoms with E-state index in [4.69, 9.17) is 26.6 Å². The first-order valence-electron chi connectivity index (χ1n) is 21.3. The Kier molecular flexibility index (Phi) is 36.3. The van der Waals surface area contributed by atoms with Gasteiger partial charge in [0.2, 0.25) is 0 Å². The van der Waals surface area contributed by atoms with E-state index in [9.17, 15) is 0 Å². The van der Waals surface area contributed by atoms with Crippen LogP contribution in [0, 0.1) is 5.92 Å². The average Bonchev–Trinajstić information content (AvgIpc) is 3.62. The summed E-state index contributed by atoms with van der Waals surface area (Å²) in [4.78, 5) is 0. The lowest BCUT2D eigenvalue weighted by molar-refractivity contribution is 0.0698. The van der Waals surface area contributed by atoms with Gasteiger partial charge in [0.25, 0.3) is 0 Å². The van der Waals surface area contributed by atoms with Gasteiger partial charge in [0.05, 0.1) is 0 Å². The summed E-state index contributed by atoms with van der Waals surface area (Å²) in [6.07, 6.45) is 39.3. The van der Waals surface area contributed by atoms with Gasteiger partial charge in [-0.25, -0.2) is 0 Å². The first kappa shape index (κ1) is 49.4. The van der Waals surface area contributed by atoms with Crippen LogP contribution in [-0.4, -0.2) is 57.3 Å². The molecule has 0 atom stereocenters. The third-order valence-electron chi connectivity index (χ3n) is 9.17. The molecule has 0 fully saturated rings. The minimum Gasteiger partial charge on any atom is -0.374 e. The molecule has 0 amide bonds. The maximum absolute atomic E-state index is 5.94. The van der Waals surface area contributed by atoms with Gasteiger partial charge in [-0.05, 0) is 79.6 Å². The Labute approximate surface area is 314 Å². The van der Waals surface area contributed by atoms with E-state index in [-0.39, 0.29) is 0 Å². The molecule has 6 nitrogen and oxygen atoms in total. The summed E-state index contributed by atoms with van der Waals surface area (Å²) in [6.45, 7) is 19.9. The van der Waals surface area contributed by atoms with Crippen molar-refractivity contribution in [2.75, 3.05) is 39.6 Å². The van der Waals surface area contributed by atoms with Crippen molar-refractivity contribution >= 4 is 17.6 Å². The second-order valence-electron chi connectivity index (χ2n) is 13.5. The zero-order valence-electron chi connectivity index (χ0n) is 34.1. The normalized spacial score (nSPS) is 13.2. The third kappa shape index (κ3) is 28.0. The molecule has 1 aliphatic carbocycles. The van der Waals surface area contributed by atoms with Crippen LogP contribution >= 0.6 is 0 Å². The summed E-state index contributed by atoms with van der Waals surface area (Å²) in [5.41, 5.74) is 0. The second-order valence-corrected chi connectivity index (χ2v) is 18.9. The van der Waals surface area contributed by atoms with Crippen molar-refractivity contribution in [1.29, 1.82) is 0 Å². The molecule has 0 bridgehead atoms. The van der Waals surface area contributed by atoms with Crippen molar-refractivity contribution in [3.05, 3.63) is 37.0 Å². The van der Waals surface area contributed by atoms with Gasteiger partial charge >= 0.3 is 17.6 Å². The molecule has 0 saturated heterocycles. The van der Waals surface area contributed by atoms with Gasteiger partial charge in [0.15, 0.2) is 0 Å². The Morgan fingerprint density at radius 2 is 0.700 bits per heavy atom.